The molecule has 1 aliphatic heterocycles. The number of piperidine rings is 1. The maximum Gasteiger partial charge on any atom is 0.230 e. The molecule has 0 spiro atoms. The first kappa shape index (κ1) is 16.4. The fourth-order valence-corrected chi connectivity index (χ4v) is 4.51. The second-order valence-electron chi connectivity index (χ2n) is 6.36. The zero-order valence-electron chi connectivity index (χ0n) is 13.8. The molecular weight excluding hydrogens is 343 g/mol. The molecule has 2 aromatic heterocycles. The van der Waals surface area contributed by atoms with Crippen LogP contribution >= 0.6 is 11.3 Å². The molecule has 0 bridgehead atoms. The van der Waals surface area contributed by atoms with Crippen molar-refractivity contribution in [3.8, 4) is 5.88 Å². The first-order valence-corrected chi connectivity index (χ1v) is 9.07. The van der Waals surface area contributed by atoms with Crippen molar-refractivity contribution in [3.63, 3.8) is 0 Å². The van der Waals surface area contributed by atoms with E-state index in [0.29, 0.717) is 36.7 Å². The zero-order valence-corrected chi connectivity index (χ0v) is 14.6. The summed E-state index contributed by atoms with van der Waals surface area (Å²) in [5.74, 6) is 0.382. The molecule has 0 saturated carbocycles. The number of rotatable bonds is 3. The highest BCUT2D eigenvalue weighted by molar-refractivity contribution is 7.17. The molecule has 0 radical (unpaired) electrons. The highest BCUT2D eigenvalue weighted by Gasteiger charge is 2.31. The molecule has 0 unspecified atom stereocenters. The van der Waals surface area contributed by atoms with E-state index < -0.39 is 0 Å². The normalized spacial score (nSPS) is 18.0. The van der Waals surface area contributed by atoms with Crippen molar-refractivity contribution in [2.45, 2.75) is 31.9 Å². The molecule has 6 nitrogen and oxygen atoms in total. The minimum absolute atomic E-state index is 0.0704. The number of aromatic nitrogens is 3. The van der Waals surface area contributed by atoms with Crippen molar-refractivity contribution in [2.24, 2.45) is 0 Å². The summed E-state index contributed by atoms with van der Waals surface area (Å²) in [5, 5.41) is 24.7. The Bertz CT molecular complexity index is 884. The number of aryl methyl sites for hydroxylation is 1. The molecule has 1 aromatic carbocycles. The van der Waals surface area contributed by atoms with Crippen molar-refractivity contribution in [2.75, 3.05) is 13.1 Å². The highest BCUT2D eigenvalue weighted by atomic mass is 32.1. The van der Waals surface area contributed by atoms with Gasteiger partial charge in [0.25, 0.3) is 0 Å². The predicted molar refractivity (Wildman–Crippen MR) is 92.3 cm³/mol. The van der Waals surface area contributed by atoms with Crippen molar-refractivity contribution in [3.05, 3.63) is 46.3 Å². The summed E-state index contributed by atoms with van der Waals surface area (Å²) in [6.07, 6.45) is 1.07. The van der Waals surface area contributed by atoms with Gasteiger partial charge in [0.1, 0.15) is 11.6 Å². The Morgan fingerprint density at radius 1 is 1.24 bits per heavy atom. The lowest BCUT2D eigenvalue weighted by Crippen LogP contribution is -2.38. The molecule has 1 atom stereocenters. The number of thiazole rings is 1. The molecule has 3 heterocycles. The number of nitrogens with zero attached hydrogens (tertiary/aromatic N) is 4. The van der Waals surface area contributed by atoms with E-state index in [4.69, 9.17) is 0 Å². The Kier molecular flexibility index (Phi) is 4.18. The fourth-order valence-electron chi connectivity index (χ4n) is 3.34. The number of fused-ring (bicyclic) bond motifs is 1. The molecule has 132 valence electrons. The predicted octanol–water partition coefficient (Wildman–Crippen LogP) is 2.49. The number of aliphatic hydroxyl groups is 1. The molecule has 1 fully saturated rings. The van der Waals surface area contributed by atoms with E-state index in [1.54, 1.807) is 19.1 Å². The number of hydrogen-bond acceptors (Lipinski definition) is 6. The van der Waals surface area contributed by atoms with Gasteiger partial charge in [-0.2, -0.15) is 4.52 Å². The second-order valence-corrected chi connectivity index (χ2v) is 7.37. The number of halogens is 1. The Labute approximate surface area is 148 Å². The smallest absolute Gasteiger partial charge is 0.230 e. The first-order valence-electron chi connectivity index (χ1n) is 8.25. The number of aliphatic hydroxyl groups excluding tert-OH is 1. The number of likely N-dealkylation sites (tertiary alicyclic amines) is 1. The standard InChI is InChI=1S/C17H19FN4O2S/c1-10-19-17-22(20-10)16(24)15(25-17)14(11-2-4-12(18)5-3-11)21-8-6-13(23)7-9-21/h2-5,13-14,23-24H,6-9H2,1H3/t14-/m0/s1. The number of benzene rings is 1. The van der Waals surface area contributed by atoms with Crippen LogP contribution in [0.4, 0.5) is 4.39 Å². The van der Waals surface area contributed by atoms with Gasteiger partial charge in [-0.3, -0.25) is 4.90 Å². The topological polar surface area (TPSA) is 73.9 Å². The quantitative estimate of drug-likeness (QED) is 0.749. The molecule has 8 heteroatoms. The van der Waals surface area contributed by atoms with Crippen LogP contribution in [0.1, 0.15) is 35.1 Å². The SMILES string of the molecule is Cc1nc2sc([C@H](c3ccc(F)cc3)N3CCC(O)CC3)c(O)n2n1. The zero-order chi connectivity index (χ0) is 17.6. The number of aromatic hydroxyl groups is 1. The molecule has 3 aromatic rings. The lowest BCUT2D eigenvalue weighted by Gasteiger charge is -2.36. The van der Waals surface area contributed by atoms with Gasteiger partial charge in [-0.1, -0.05) is 23.5 Å². The largest absolute Gasteiger partial charge is 0.492 e. The van der Waals surface area contributed by atoms with Gasteiger partial charge >= 0.3 is 0 Å². The van der Waals surface area contributed by atoms with Crippen LogP contribution in [0.2, 0.25) is 0 Å². The third kappa shape index (κ3) is 3.01. The van der Waals surface area contributed by atoms with E-state index in [2.05, 4.69) is 15.0 Å². The maximum atomic E-state index is 13.4. The summed E-state index contributed by atoms with van der Waals surface area (Å²) in [4.78, 5) is 7.91. The fraction of sp³-hybridized carbons (Fsp3) is 0.412. The lowest BCUT2D eigenvalue weighted by molar-refractivity contribution is 0.0689. The van der Waals surface area contributed by atoms with Gasteiger partial charge in [0.15, 0.2) is 0 Å². The summed E-state index contributed by atoms with van der Waals surface area (Å²) < 4.78 is 14.8. The van der Waals surface area contributed by atoms with Gasteiger partial charge in [-0.05, 0) is 37.5 Å². The van der Waals surface area contributed by atoms with Gasteiger partial charge in [-0.15, -0.1) is 5.10 Å². The Morgan fingerprint density at radius 2 is 1.92 bits per heavy atom. The molecule has 25 heavy (non-hydrogen) atoms. The molecule has 1 aliphatic rings. The van der Waals surface area contributed by atoms with E-state index in [-0.39, 0.29) is 23.8 Å². The third-order valence-corrected chi connectivity index (χ3v) is 5.68. The maximum absolute atomic E-state index is 13.4. The Balaban J connectivity index is 1.79. The molecule has 2 N–H and O–H groups in total. The number of hydrogen-bond donors (Lipinski definition) is 2. The summed E-state index contributed by atoms with van der Waals surface area (Å²) in [7, 11) is 0. The third-order valence-electron chi connectivity index (χ3n) is 4.60. The van der Waals surface area contributed by atoms with Crippen LogP contribution in [0, 0.1) is 12.7 Å². The van der Waals surface area contributed by atoms with Crippen LogP contribution in [-0.4, -0.2) is 48.9 Å². The van der Waals surface area contributed by atoms with E-state index in [1.807, 2.05) is 0 Å². The summed E-state index contributed by atoms with van der Waals surface area (Å²) in [6.45, 7) is 3.19. The van der Waals surface area contributed by atoms with Crippen LogP contribution in [0.25, 0.3) is 4.96 Å². The van der Waals surface area contributed by atoms with Crippen LogP contribution in [0.3, 0.4) is 0 Å². The van der Waals surface area contributed by atoms with Crippen LogP contribution in [0.5, 0.6) is 5.88 Å². The van der Waals surface area contributed by atoms with E-state index in [1.165, 1.54) is 28.0 Å². The van der Waals surface area contributed by atoms with E-state index >= 15 is 0 Å². The molecule has 0 aliphatic carbocycles. The average molecular weight is 362 g/mol. The highest BCUT2D eigenvalue weighted by Crippen LogP contribution is 2.40. The van der Waals surface area contributed by atoms with Gasteiger partial charge in [0, 0.05) is 13.1 Å². The summed E-state index contributed by atoms with van der Waals surface area (Å²) in [6, 6.07) is 6.12. The van der Waals surface area contributed by atoms with Gasteiger partial charge in [0.2, 0.25) is 10.8 Å². The monoisotopic (exact) mass is 362 g/mol. The average Bonchev–Trinajstić information content (AvgIpc) is 3.09. The molecular formula is C17H19FN4O2S. The van der Waals surface area contributed by atoms with E-state index in [9.17, 15) is 14.6 Å². The minimum Gasteiger partial charge on any atom is -0.492 e. The van der Waals surface area contributed by atoms with Crippen molar-refractivity contribution < 1.29 is 14.6 Å². The van der Waals surface area contributed by atoms with Crippen LogP contribution < -0.4 is 0 Å². The Hall–Kier alpha value is -2.03. The summed E-state index contributed by atoms with van der Waals surface area (Å²) in [5.41, 5.74) is 0.898. The minimum atomic E-state index is -0.293. The first-order chi connectivity index (χ1) is 12.0. The molecule has 1 saturated heterocycles. The van der Waals surface area contributed by atoms with Crippen LogP contribution in [0.15, 0.2) is 24.3 Å². The molecule has 4 rings (SSSR count). The van der Waals surface area contributed by atoms with Crippen molar-refractivity contribution in [1.29, 1.82) is 0 Å². The molecule has 0 amide bonds. The van der Waals surface area contributed by atoms with Gasteiger partial charge in [0.05, 0.1) is 17.0 Å². The summed E-state index contributed by atoms with van der Waals surface area (Å²) >= 11 is 1.39. The van der Waals surface area contributed by atoms with Crippen molar-refractivity contribution >= 4 is 16.3 Å². The lowest BCUT2D eigenvalue weighted by atomic mass is 9.99. The van der Waals surface area contributed by atoms with Crippen molar-refractivity contribution in [1.82, 2.24) is 19.5 Å². The van der Waals surface area contributed by atoms with Gasteiger partial charge in [-0.25, -0.2) is 9.37 Å². The van der Waals surface area contributed by atoms with Gasteiger partial charge < -0.3 is 10.2 Å². The van der Waals surface area contributed by atoms with E-state index in [0.717, 1.165) is 10.4 Å². The second kappa shape index (κ2) is 6.36. The Morgan fingerprint density at radius 3 is 2.56 bits per heavy atom. The van der Waals surface area contributed by atoms with Crippen LogP contribution in [-0.2, 0) is 0 Å².